The molecule has 84 valence electrons. The Hall–Kier alpha value is -1.13. The lowest BCUT2D eigenvalue weighted by Crippen LogP contribution is -2.16. The lowest BCUT2D eigenvalue weighted by atomic mass is 10.2. The number of halogens is 2. The van der Waals surface area contributed by atoms with E-state index in [1.165, 1.54) is 12.1 Å². The van der Waals surface area contributed by atoms with E-state index in [0.717, 1.165) is 0 Å². The third-order valence-electron chi connectivity index (χ3n) is 1.81. The van der Waals surface area contributed by atoms with Crippen LogP contribution >= 0.6 is 12.4 Å². The first-order valence-electron chi connectivity index (χ1n) is 4.39. The van der Waals surface area contributed by atoms with Crippen molar-refractivity contribution in [2.45, 2.75) is 13.3 Å². The van der Waals surface area contributed by atoms with Gasteiger partial charge in [0.25, 0.3) is 0 Å². The van der Waals surface area contributed by atoms with Gasteiger partial charge in [0.05, 0.1) is 0 Å². The fourth-order valence-corrected chi connectivity index (χ4v) is 1.08. The van der Waals surface area contributed by atoms with Crippen LogP contribution in [0.2, 0.25) is 0 Å². The van der Waals surface area contributed by atoms with Crippen molar-refractivity contribution in [2.75, 3.05) is 11.9 Å². The number of benzene rings is 1. The Morgan fingerprint density at radius 2 is 2.20 bits per heavy atom. The molecule has 0 aliphatic heterocycles. The predicted octanol–water partition coefficient (Wildman–Crippen LogP) is 1.84. The molecule has 0 bridgehead atoms. The molecule has 1 rings (SSSR count). The maximum Gasteiger partial charge on any atom is 0.225 e. The standard InChI is InChI=1S/C10H13FN2O.ClH/c1-7-6-8(2-3-9(7)11)13-10(14)4-5-12;/h2-3,6H,4-5,12H2,1H3,(H,13,14);1H. The van der Waals surface area contributed by atoms with Gasteiger partial charge in [0.2, 0.25) is 5.91 Å². The summed E-state index contributed by atoms with van der Waals surface area (Å²) in [5, 5.41) is 2.63. The quantitative estimate of drug-likeness (QED) is 0.836. The van der Waals surface area contributed by atoms with Crippen LogP contribution in [0, 0.1) is 12.7 Å². The van der Waals surface area contributed by atoms with Gasteiger partial charge in [-0.3, -0.25) is 4.79 Å². The first kappa shape index (κ1) is 13.9. The van der Waals surface area contributed by atoms with Gasteiger partial charge >= 0.3 is 0 Å². The molecule has 0 atom stereocenters. The normalized spacial score (nSPS) is 9.27. The van der Waals surface area contributed by atoms with E-state index in [4.69, 9.17) is 5.73 Å². The summed E-state index contributed by atoms with van der Waals surface area (Å²) in [6.45, 7) is 1.96. The molecule has 0 fully saturated rings. The van der Waals surface area contributed by atoms with E-state index in [1.54, 1.807) is 13.0 Å². The molecule has 5 heteroatoms. The molecule has 1 aromatic carbocycles. The average Bonchev–Trinajstić information content (AvgIpc) is 2.12. The van der Waals surface area contributed by atoms with Gasteiger partial charge in [-0.1, -0.05) is 0 Å². The Kier molecular flexibility index (Phi) is 5.89. The number of hydrogen-bond donors (Lipinski definition) is 2. The summed E-state index contributed by atoms with van der Waals surface area (Å²) in [5.74, 6) is -0.430. The zero-order valence-corrected chi connectivity index (χ0v) is 9.23. The van der Waals surface area contributed by atoms with Crippen LogP contribution in [0.25, 0.3) is 0 Å². The van der Waals surface area contributed by atoms with Crippen LogP contribution in [0.15, 0.2) is 18.2 Å². The Bertz CT molecular complexity index is 344. The van der Waals surface area contributed by atoms with Gasteiger partial charge in [0.1, 0.15) is 5.82 Å². The van der Waals surface area contributed by atoms with Gasteiger partial charge in [0.15, 0.2) is 0 Å². The maximum atomic E-state index is 12.9. The minimum Gasteiger partial charge on any atom is -0.330 e. The number of anilines is 1. The lowest BCUT2D eigenvalue weighted by molar-refractivity contribution is -0.116. The van der Waals surface area contributed by atoms with Crippen molar-refractivity contribution in [3.05, 3.63) is 29.6 Å². The smallest absolute Gasteiger partial charge is 0.225 e. The number of carbonyl (C=O) groups is 1. The van der Waals surface area contributed by atoms with Crippen LogP contribution in [0.4, 0.5) is 10.1 Å². The van der Waals surface area contributed by atoms with Gasteiger partial charge in [0, 0.05) is 18.7 Å². The number of aryl methyl sites for hydroxylation is 1. The number of hydrogen-bond acceptors (Lipinski definition) is 2. The topological polar surface area (TPSA) is 55.1 Å². The fraction of sp³-hybridized carbons (Fsp3) is 0.300. The van der Waals surface area contributed by atoms with E-state index in [9.17, 15) is 9.18 Å². The Balaban J connectivity index is 0.00000196. The summed E-state index contributed by atoms with van der Waals surface area (Å²) in [7, 11) is 0. The number of nitrogens with one attached hydrogen (secondary N) is 1. The molecular weight excluding hydrogens is 219 g/mol. The number of nitrogens with two attached hydrogens (primary N) is 1. The summed E-state index contributed by atoms with van der Waals surface area (Å²) in [6.07, 6.45) is 0.274. The van der Waals surface area contributed by atoms with E-state index in [2.05, 4.69) is 5.32 Å². The third kappa shape index (κ3) is 4.27. The van der Waals surface area contributed by atoms with Gasteiger partial charge in [-0.2, -0.15) is 0 Å². The monoisotopic (exact) mass is 232 g/mol. The molecule has 15 heavy (non-hydrogen) atoms. The van der Waals surface area contributed by atoms with E-state index < -0.39 is 0 Å². The predicted molar refractivity (Wildman–Crippen MR) is 60.7 cm³/mol. The highest BCUT2D eigenvalue weighted by molar-refractivity contribution is 5.90. The highest BCUT2D eigenvalue weighted by Gasteiger charge is 2.02. The molecule has 0 spiro atoms. The van der Waals surface area contributed by atoms with E-state index in [0.29, 0.717) is 17.8 Å². The van der Waals surface area contributed by atoms with Gasteiger partial charge in [-0.25, -0.2) is 4.39 Å². The SMILES string of the molecule is Cc1cc(NC(=O)CCN)ccc1F.Cl. The molecule has 0 heterocycles. The van der Waals surface area contributed by atoms with Crippen molar-refractivity contribution >= 4 is 24.0 Å². The Labute approximate surface area is 94.3 Å². The largest absolute Gasteiger partial charge is 0.330 e. The Morgan fingerprint density at radius 1 is 1.53 bits per heavy atom. The van der Waals surface area contributed by atoms with Crippen molar-refractivity contribution in [3.8, 4) is 0 Å². The highest BCUT2D eigenvalue weighted by Crippen LogP contribution is 2.13. The van der Waals surface area contributed by atoms with Gasteiger partial charge < -0.3 is 11.1 Å². The summed E-state index contributed by atoms with van der Waals surface area (Å²) in [4.78, 5) is 11.1. The molecule has 0 unspecified atom stereocenters. The molecule has 1 aromatic rings. The minimum absolute atomic E-state index is 0. The Morgan fingerprint density at radius 3 is 2.73 bits per heavy atom. The molecule has 0 aliphatic rings. The van der Waals surface area contributed by atoms with Crippen molar-refractivity contribution in [1.82, 2.24) is 0 Å². The fourth-order valence-electron chi connectivity index (χ4n) is 1.08. The summed E-state index contributed by atoms with van der Waals surface area (Å²) >= 11 is 0. The molecule has 0 radical (unpaired) electrons. The molecule has 0 aromatic heterocycles. The molecule has 3 N–H and O–H groups in total. The van der Waals surface area contributed by atoms with Crippen LogP contribution in [0.3, 0.4) is 0 Å². The van der Waals surface area contributed by atoms with E-state index in [1.807, 2.05) is 0 Å². The first-order valence-corrected chi connectivity index (χ1v) is 4.39. The second kappa shape index (κ2) is 6.37. The summed E-state index contributed by atoms with van der Waals surface area (Å²) in [6, 6.07) is 4.44. The van der Waals surface area contributed by atoms with Crippen LogP contribution < -0.4 is 11.1 Å². The molecule has 0 saturated heterocycles. The molecule has 1 amide bonds. The average molecular weight is 233 g/mol. The van der Waals surface area contributed by atoms with Gasteiger partial charge in [-0.15, -0.1) is 12.4 Å². The summed E-state index contributed by atoms with van der Waals surface area (Å²) < 4.78 is 12.9. The molecule has 3 nitrogen and oxygen atoms in total. The number of amides is 1. The molecular formula is C10H14ClFN2O. The zero-order valence-electron chi connectivity index (χ0n) is 8.42. The highest BCUT2D eigenvalue weighted by atomic mass is 35.5. The van der Waals surface area contributed by atoms with E-state index >= 15 is 0 Å². The van der Waals surface area contributed by atoms with Crippen molar-refractivity contribution in [1.29, 1.82) is 0 Å². The van der Waals surface area contributed by atoms with Gasteiger partial charge in [-0.05, 0) is 30.7 Å². The van der Waals surface area contributed by atoms with E-state index in [-0.39, 0.29) is 30.6 Å². The molecule has 0 saturated carbocycles. The van der Waals surface area contributed by atoms with Crippen LogP contribution in [-0.2, 0) is 4.79 Å². The van der Waals surface area contributed by atoms with Crippen LogP contribution in [0.5, 0.6) is 0 Å². The minimum atomic E-state index is -0.276. The van der Waals surface area contributed by atoms with Crippen molar-refractivity contribution in [2.24, 2.45) is 5.73 Å². The number of carbonyl (C=O) groups excluding carboxylic acids is 1. The summed E-state index contributed by atoms with van der Waals surface area (Å²) in [5.41, 5.74) is 6.33. The second-order valence-electron chi connectivity index (χ2n) is 3.05. The lowest BCUT2D eigenvalue weighted by Gasteiger charge is -2.05. The van der Waals surface area contributed by atoms with Crippen molar-refractivity contribution in [3.63, 3.8) is 0 Å². The molecule has 0 aliphatic carbocycles. The first-order chi connectivity index (χ1) is 6.63. The maximum absolute atomic E-state index is 12.9. The third-order valence-corrected chi connectivity index (χ3v) is 1.81. The van der Waals surface area contributed by atoms with Crippen LogP contribution in [0.1, 0.15) is 12.0 Å². The van der Waals surface area contributed by atoms with Crippen LogP contribution in [-0.4, -0.2) is 12.5 Å². The second-order valence-corrected chi connectivity index (χ2v) is 3.05. The van der Waals surface area contributed by atoms with Crippen molar-refractivity contribution < 1.29 is 9.18 Å². The zero-order chi connectivity index (χ0) is 10.6. The number of rotatable bonds is 3.